The van der Waals surface area contributed by atoms with E-state index in [1.807, 2.05) is 13.8 Å². The van der Waals surface area contributed by atoms with E-state index in [4.69, 9.17) is 0 Å². The predicted molar refractivity (Wildman–Crippen MR) is 80.7 cm³/mol. The molecule has 21 heavy (non-hydrogen) atoms. The molecule has 1 amide bonds. The SMILES string of the molecule is CCNc1ccncc1C(=O)NC(C)c1ccc(F)cc1. The predicted octanol–water partition coefficient (Wildman–Crippen LogP) is 3.14. The first kappa shape index (κ1) is 15.0. The Labute approximate surface area is 123 Å². The Morgan fingerprint density at radius 1 is 1.29 bits per heavy atom. The van der Waals surface area contributed by atoms with Gasteiger partial charge < -0.3 is 10.6 Å². The van der Waals surface area contributed by atoms with Crippen LogP contribution < -0.4 is 10.6 Å². The van der Waals surface area contributed by atoms with Crippen molar-refractivity contribution >= 4 is 11.6 Å². The van der Waals surface area contributed by atoms with Gasteiger partial charge in [0, 0.05) is 18.9 Å². The summed E-state index contributed by atoms with van der Waals surface area (Å²) < 4.78 is 12.9. The molecular weight excluding hydrogens is 269 g/mol. The molecule has 0 bridgehead atoms. The second kappa shape index (κ2) is 6.83. The van der Waals surface area contributed by atoms with Crippen LogP contribution in [0.5, 0.6) is 0 Å². The van der Waals surface area contributed by atoms with E-state index in [0.717, 1.165) is 17.8 Å². The van der Waals surface area contributed by atoms with Crippen LogP contribution in [0.2, 0.25) is 0 Å². The average molecular weight is 287 g/mol. The Morgan fingerprint density at radius 3 is 2.67 bits per heavy atom. The highest BCUT2D eigenvalue weighted by molar-refractivity contribution is 5.99. The van der Waals surface area contributed by atoms with Crippen LogP contribution in [-0.2, 0) is 0 Å². The number of anilines is 1. The minimum absolute atomic E-state index is 0.212. The molecule has 4 nitrogen and oxygen atoms in total. The quantitative estimate of drug-likeness (QED) is 0.888. The van der Waals surface area contributed by atoms with Gasteiger partial charge in [0.15, 0.2) is 0 Å². The molecule has 2 rings (SSSR count). The Kier molecular flexibility index (Phi) is 4.87. The van der Waals surface area contributed by atoms with E-state index >= 15 is 0 Å². The van der Waals surface area contributed by atoms with Gasteiger partial charge in [-0.1, -0.05) is 12.1 Å². The number of carbonyl (C=O) groups excluding carboxylic acids is 1. The van der Waals surface area contributed by atoms with Gasteiger partial charge in [0.05, 0.1) is 17.3 Å². The van der Waals surface area contributed by atoms with Crippen molar-refractivity contribution in [1.29, 1.82) is 0 Å². The maximum atomic E-state index is 12.9. The summed E-state index contributed by atoms with van der Waals surface area (Å²) in [5.74, 6) is -0.505. The summed E-state index contributed by atoms with van der Waals surface area (Å²) in [6, 6.07) is 7.63. The number of rotatable bonds is 5. The molecule has 0 fully saturated rings. The highest BCUT2D eigenvalue weighted by Crippen LogP contribution is 2.17. The fourth-order valence-corrected chi connectivity index (χ4v) is 2.03. The first-order chi connectivity index (χ1) is 10.1. The minimum Gasteiger partial charge on any atom is -0.385 e. The van der Waals surface area contributed by atoms with E-state index in [2.05, 4.69) is 15.6 Å². The van der Waals surface area contributed by atoms with Crippen molar-refractivity contribution in [2.24, 2.45) is 0 Å². The summed E-state index contributed by atoms with van der Waals surface area (Å²) in [4.78, 5) is 16.3. The molecule has 0 aliphatic carbocycles. The van der Waals surface area contributed by atoms with E-state index in [0.29, 0.717) is 5.56 Å². The van der Waals surface area contributed by atoms with Crippen molar-refractivity contribution in [3.05, 3.63) is 59.7 Å². The Bertz CT molecular complexity index is 613. The number of amides is 1. The molecular formula is C16H18FN3O. The topological polar surface area (TPSA) is 54.0 Å². The molecule has 2 aromatic rings. The lowest BCUT2D eigenvalue weighted by molar-refractivity contribution is 0.0940. The lowest BCUT2D eigenvalue weighted by Gasteiger charge is -2.16. The number of hydrogen-bond acceptors (Lipinski definition) is 3. The van der Waals surface area contributed by atoms with Gasteiger partial charge in [0.1, 0.15) is 5.82 Å². The summed E-state index contributed by atoms with van der Waals surface area (Å²) in [6.45, 7) is 4.54. The van der Waals surface area contributed by atoms with E-state index in [-0.39, 0.29) is 17.8 Å². The first-order valence-corrected chi connectivity index (χ1v) is 6.86. The van der Waals surface area contributed by atoms with E-state index in [1.165, 1.54) is 18.3 Å². The summed E-state index contributed by atoms with van der Waals surface area (Å²) >= 11 is 0. The number of benzene rings is 1. The summed E-state index contributed by atoms with van der Waals surface area (Å²) in [7, 11) is 0. The average Bonchev–Trinajstić information content (AvgIpc) is 2.48. The maximum Gasteiger partial charge on any atom is 0.255 e. The molecule has 0 saturated carbocycles. The monoisotopic (exact) mass is 287 g/mol. The zero-order valence-electron chi connectivity index (χ0n) is 12.1. The largest absolute Gasteiger partial charge is 0.385 e. The number of halogens is 1. The van der Waals surface area contributed by atoms with Crippen LogP contribution >= 0.6 is 0 Å². The number of carbonyl (C=O) groups is 1. The van der Waals surface area contributed by atoms with Gasteiger partial charge in [0.25, 0.3) is 5.91 Å². The second-order valence-corrected chi connectivity index (χ2v) is 4.70. The van der Waals surface area contributed by atoms with Crippen molar-refractivity contribution in [3.63, 3.8) is 0 Å². The number of nitrogens with zero attached hydrogens (tertiary/aromatic N) is 1. The fourth-order valence-electron chi connectivity index (χ4n) is 2.03. The Morgan fingerprint density at radius 2 is 2.00 bits per heavy atom. The van der Waals surface area contributed by atoms with Gasteiger partial charge in [0.2, 0.25) is 0 Å². The van der Waals surface area contributed by atoms with Crippen molar-refractivity contribution in [1.82, 2.24) is 10.3 Å². The van der Waals surface area contributed by atoms with Crippen molar-refractivity contribution in [3.8, 4) is 0 Å². The zero-order chi connectivity index (χ0) is 15.2. The van der Waals surface area contributed by atoms with Crippen LogP contribution in [0.25, 0.3) is 0 Å². The molecule has 110 valence electrons. The first-order valence-electron chi connectivity index (χ1n) is 6.86. The summed E-state index contributed by atoms with van der Waals surface area (Å²) in [5.41, 5.74) is 2.09. The molecule has 1 heterocycles. The molecule has 1 aromatic carbocycles. The third kappa shape index (κ3) is 3.78. The maximum absolute atomic E-state index is 12.9. The van der Waals surface area contributed by atoms with Crippen LogP contribution in [0.4, 0.5) is 10.1 Å². The normalized spacial score (nSPS) is 11.8. The van der Waals surface area contributed by atoms with Crippen LogP contribution in [0.1, 0.15) is 35.8 Å². The fraction of sp³-hybridized carbons (Fsp3) is 0.250. The number of hydrogen-bond donors (Lipinski definition) is 2. The smallest absolute Gasteiger partial charge is 0.255 e. The van der Waals surface area contributed by atoms with E-state index in [9.17, 15) is 9.18 Å². The molecule has 0 spiro atoms. The molecule has 1 atom stereocenters. The molecule has 0 aliphatic heterocycles. The second-order valence-electron chi connectivity index (χ2n) is 4.70. The molecule has 1 unspecified atom stereocenters. The third-order valence-corrected chi connectivity index (χ3v) is 3.15. The van der Waals surface area contributed by atoms with E-state index < -0.39 is 0 Å². The Balaban J connectivity index is 2.12. The lowest BCUT2D eigenvalue weighted by Crippen LogP contribution is -2.27. The molecule has 0 radical (unpaired) electrons. The van der Waals surface area contributed by atoms with Crippen LogP contribution in [0.15, 0.2) is 42.7 Å². The van der Waals surface area contributed by atoms with Crippen molar-refractivity contribution in [2.45, 2.75) is 19.9 Å². The highest BCUT2D eigenvalue weighted by Gasteiger charge is 2.14. The van der Waals surface area contributed by atoms with Crippen LogP contribution in [0.3, 0.4) is 0 Å². The van der Waals surface area contributed by atoms with Gasteiger partial charge in [-0.25, -0.2) is 4.39 Å². The zero-order valence-corrected chi connectivity index (χ0v) is 12.1. The number of nitrogens with one attached hydrogen (secondary N) is 2. The van der Waals surface area contributed by atoms with E-state index in [1.54, 1.807) is 24.4 Å². The summed E-state index contributed by atoms with van der Waals surface area (Å²) in [5, 5.41) is 6.02. The molecule has 1 aromatic heterocycles. The molecule has 0 aliphatic rings. The van der Waals surface area contributed by atoms with Crippen LogP contribution in [0, 0.1) is 5.82 Å². The number of aromatic nitrogens is 1. The summed E-state index contributed by atoms with van der Waals surface area (Å²) in [6.07, 6.45) is 3.17. The minimum atomic E-state index is -0.293. The molecule has 5 heteroatoms. The van der Waals surface area contributed by atoms with Gasteiger partial charge in [-0.05, 0) is 37.6 Å². The number of pyridine rings is 1. The Hall–Kier alpha value is -2.43. The van der Waals surface area contributed by atoms with Crippen molar-refractivity contribution in [2.75, 3.05) is 11.9 Å². The highest BCUT2D eigenvalue weighted by atomic mass is 19.1. The standard InChI is InChI=1S/C16H18FN3O/c1-3-19-15-8-9-18-10-14(15)16(21)20-11(2)12-4-6-13(17)7-5-12/h4-11H,3H2,1-2H3,(H,18,19)(H,20,21). The van der Waals surface area contributed by atoms with Crippen LogP contribution in [-0.4, -0.2) is 17.4 Å². The van der Waals surface area contributed by atoms with Gasteiger partial charge >= 0.3 is 0 Å². The van der Waals surface area contributed by atoms with Gasteiger partial charge in [-0.15, -0.1) is 0 Å². The van der Waals surface area contributed by atoms with Gasteiger partial charge in [-0.3, -0.25) is 9.78 Å². The molecule has 2 N–H and O–H groups in total. The molecule has 0 saturated heterocycles. The van der Waals surface area contributed by atoms with Gasteiger partial charge in [-0.2, -0.15) is 0 Å². The lowest BCUT2D eigenvalue weighted by atomic mass is 10.1. The third-order valence-electron chi connectivity index (χ3n) is 3.15. The van der Waals surface area contributed by atoms with Crippen molar-refractivity contribution < 1.29 is 9.18 Å².